The van der Waals surface area contributed by atoms with Crippen LogP contribution in [0.2, 0.25) is 5.02 Å². The van der Waals surface area contributed by atoms with Crippen molar-refractivity contribution in [1.82, 2.24) is 5.16 Å². The van der Waals surface area contributed by atoms with E-state index in [1.54, 1.807) is 13.0 Å². The quantitative estimate of drug-likeness (QED) is 0.293. The first kappa shape index (κ1) is 21.8. The highest BCUT2D eigenvalue weighted by Crippen LogP contribution is 2.30. The molecule has 1 atom stereocenters. The predicted octanol–water partition coefficient (Wildman–Crippen LogP) is 6.99. The minimum Gasteiger partial charge on any atom is -0.489 e. The number of carbonyl (C=O) groups excluding carboxylic acids is 1. The molecular weight excluding hydrogens is 422 g/mol. The molecule has 0 spiro atoms. The highest BCUT2D eigenvalue weighted by Gasteiger charge is 2.19. The molecule has 3 aromatic carbocycles. The molecule has 0 saturated heterocycles. The molecule has 0 aliphatic heterocycles. The van der Waals surface area contributed by atoms with Crippen LogP contribution in [0.25, 0.3) is 11.1 Å². The van der Waals surface area contributed by atoms with Crippen LogP contribution in [0.15, 0.2) is 83.6 Å². The van der Waals surface area contributed by atoms with E-state index in [0.717, 1.165) is 44.3 Å². The number of ketones is 1. The molecule has 0 amide bonds. The van der Waals surface area contributed by atoms with Crippen LogP contribution in [0.5, 0.6) is 5.75 Å². The molecule has 1 heterocycles. The Labute approximate surface area is 192 Å². The number of aromatic nitrogens is 1. The van der Waals surface area contributed by atoms with Gasteiger partial charge in [0.25, 0.3) is 0 Å². The molecule has 32 heavy (non-hydrogen) atoms. The molecule has 0 aliphatic carbocycles. The monoisotopic (exact) mass is 445 g/mol. The van der Waals surface area contributed by atoms with Gasteiger partial charge >= 0.3 is 0 Å². The van der Waals surface area contributed by atoms with E-state index < -0.39 is 0 Å². The molecule has 4 aromatic rings. The van der Waals surface area contributed by atoms with Crippen LogP contribution in [0.3, 0.4) is 0 Å². The number of benzene rings is 3. The lowest BCUT2D eigenvalue weighted by molar-refractivity contribution is -0.117. The third-order valence-corrected chi connectivity index (χ3v) is 5.91. The van der Waals surface area contributed by atoms with Gasteiger partial charge in [0.1, 0.15) is 24.4 Å². The zero-order valence-corrected chi connectivity index (χ0v) is 18.8. The van der Waals surface area contributed by atoms with Crippen LogP contribution in [-0.4, -0.2) is 10.9 Å². The Balaban J connectivity index is 1.47. The molecule has 0 radical (unpaired) electrons. The summed E-state index contributed by atoms with van der Waals surface area (Å²) in [6, 6.07) is 23.8. The third-order valence-electron chi connectivity index (χ3n) is 5.50. The molecule has 0 bridgehead atoms. The zero-order valence-electron chi connectivity index (χ0n) is 18.0. The zero-order chi connectivity index (χ0) is 22.5. The number of hydrogen-bond acceptors (Lipinski definition) is 4. The Bertz CT molecular complexity index is 1200. The van der Waals surface area contributed by atoms with Crippen LogP contribution in [0, 0.1) is 6.92 Å². The maximum Gasteiger partial charge on any atom is 0.130 e. The summed E-state index contributed by atoms with van der Waals surface area (Å²) < 4.78 is 11.0. The largest absolute Gasteiger partial charge is 0.489 e. The Hall–Kier alpha value is -3.37. The Morgan fingerprint density at radius 1 is 1.06 bits per heavy atom. The number of nitrogens with zero attached hydrogens (tertiary/aromatic N) is 1. The van der Waals surface area contributed by atoms with Crippen LogP contribution < -0.4 is 4.74 Å². The minimum atomic E-state index is -0.127. The van der Waals surface area contributed by atoms with Gasteiger partial charge in [-0.25, -0.2) is 0 Å². The van der Waals surface area contributed by atoms with Gasteiger partial charge in [-0.05, 0) is 65.9 Å². The summed E-state index contributed by atoms with van der Waals surface area (Å²) in [4.78, 5) is 11.7. The lowest BCUT2D eigenvalue weighted by Crippen LogP contribution is -2.06. The van der Waals surface area contributed by atoms with Crippen molar-refractivity contribution >= 4 is 17.4 Å². The van der Waals surface area contributed by atoms with Crippen LogP contribution in [0.1, 0.15) is 41.6 Å². The van der Waals surface area contributed by atoms with Gasteiger partial charge in [-0.15, -0.1) is 0 Å². The summed E-state index contributed by atoms with van der Waals surface area (Å²) in [5.74, 6) is 0.742. The Morgan fingerprint density at radius 2 is 1.84 bits per heavy atom. The molecule has 0 aliphatic rings. The minimum absolute atomic E-state index is 0.105. The van der Waals surface area contributed by atoms with Gasteiger partial charge in [-0.3, -0.25) is 4.79 Å². The molecule has 0 N–H and O–H groups in total. The summed E-state index contributed by atoms with van der Waals surface area (Å²) in [5.41, 5.74) is 6.12. The lowest BCUT2D eigenvalue weighted by atomic mass is 9.91. The second kappa shape index (κ2) is 9.84. The standard InChI is InChI=1S/C27H24ClNO3/c1-18(30)15-25(27-13-14-32-29-27)21-9-11-23(12-10-21)31-17-20-5-3-6-22(16-20)24-7-4-8-26(28)19(24)2/h3-14,16,25H,15,17H2,1-2H3. The number of Topliss-reactive ketones (excluding diaryl/α,β-unsaturated/α-hetero) is 1. The van der Waals surface area contributed by atoms with Crippen molar-refractivity contribution < 1.29 is 14.1 Å². The first-order valence-electron chi connectivity index (χ1n) is 10.5. The molecule has 0 saturated carbocycles. The van der Waals surface area contributed by atoms with Crippen LogP contribution in [0.4, 0.5) is 0 Å². The smallest absolute Gasteiger partial charge is 0.130 e. The SMILES string of the molecule is CC(=O)CC(c1ccc(OCc2cccc(-c3cccc(Cl)c3C)c2)cc1)c1ccon1. The number of hydrogen-bond donors (Lipinski definition) is 0. The van der Waals surface area contributed by atoms with Crippen molar-refractivity contribution in [3.05, 3.63) is 106 Å². The predicted molar refractivity (Wildman–Crippen MR) is 126 cm³/mol. The van der Waals surface area contributed by atoms with Gasteiger partial charge < -0.3 is 9.26 Å². The highest BCUT2D eigenvalue weighted by molar-refractivity contribution is 6.31. The van der Waals surface area contributed by atoms with Gasteiger partial charge in [-0.1, -0.05) is 59.2 Å². The van der Waals surface area contributed by atoms with Gasteiger partial charge in [0, 0.05) is 23.4 Å². The topological polar surface area (TPSA) is 52.3 Å². The number of rotatable bonds is 8. The average molecular weight is 446 g/mol. The molecular formula is C27H24ClNO3. The maximum atomic E-state index is 11.7. The van der Waals surface area contributed by atoms with E-state index in [1.807, 2.05) is 55.5 Å². The lowest BCUT2D eigenvalue weighted by Gasteiger charge is -2.14. The van der Waals surface area contributed by atoms with E-state index in [1.165, 1.54) is 6.26 Å². The van der Waals surface area contributed by atoms with Gasteiger partial charge in [0.05, 0.1) is 5.69 Å². The Kier molecular flexibility index (Phi) is 6.72. The van der Waals surface area contributed by atoms with E-state index in [-0.39, 0.29) is 11.7 Å². The summed E-state index contributed by atoms with van der Waals surface area (Å²) in [7, 11) is 0. The van der Waals surface area contributed by atoms with E-state index >= 15 is 0 Å². The summed E-state index contributed by atoms with van der Waals surface area (Å²) in [6.45, 7) is 4.07. The van der Waals surface area contributed by atoms with Crippen molar-refractivity contribution in [2.24, 2.45) is 0 Å². The van der Waals surface area contributed by atoms with E-state index in [9.17, 15) is 4.79 Å². The van der Waals surface area contributed by atoms with E-state index in [0.29, 0.717) is 13.0 Å². The second-order valence-electron chi connectivity index (χ2n) is 7.85. The van der Waals surface area contributed by atoms with Crippen molar-refractivity contribution in [2.75, 3.05) is 0 Å². The van der Waals surface area contributed by atoms with Crippen LogP contribution in [-0.2, 0) is 11.4 Å². The maximum absolute atomic E-state index is 11.7. The normalized spacial score (nSPS) is 11.8. The Morgan fingerprint density at radius 3 is 2.56 bits per heavy atom. The molecule has 5 heteroatoms. The second-order valence-corrected chi connectivity index (χ2v) is 8.26. The fourth-order valence-electron chi connectivity index (χ4n) is 3.79. The third kappa shape index (κ3) is 5.09. The van der Waals surface area contributed by atoms with Gasteiger partial charge in [-0.2, -0.15) is 0 Å². The van der Waals surface area contributed by atoms with Crippen molar-refractivity contribution in [2.45, 2.75) is 32.8 Å². The van der Waals surface area contributed by atoms with Gasteiger partial charge in [0.2, 0.25) is 0 Å². The fraction of sp³-hybridized carbons (Fsp3) is 0.185. The van der Waals surface area contributed by atoms with Crippen molar-refractivity contribution in [3.63, 3.8) is 0 Å². The molecule has 1 aromatic heterocycles. The highest BCUT2D eigenvalue weighted by atomic mass is 35.5. The average Bonchev–Trinajstić information content (AvgIpc) is 3.33. The molecule has 1 unspecified atom stereocenters. The van der Waals surface area contributed by atoms with E-state index in [2.05, 4.69) is 23.4 Å². The number of halogens is 1. The number of carbonyl (C=O) groups is 1. The first-order valence-corrected chi connectivity index (χ1v) is 10.9. The fourth-order valence-corrected chi connectivity index (χ4v) is 3.97. The molecule has 4 rings (SSSR count). The summed E-state index contributed by atoms with van der Waals surface area (Å²) in [6.07, 6.45) is 1.90. The first-order chi connectivity index (χ1) is 15.5. The van der Waals surface area contributed by atoms with E-state index in [4.69, 9.17) is 20.9 Å². The van der Waals surface area contributed by atoms with Crippen LogP contribution >= 0.6 is 11.6 Å². The number of ether oxygens (including phenoxy) is 1. The molecule has 4 nitrogen and oxygen atoms in total. The van der Waals surface area contributed by atoms with Gasteiger partial charge in [0.15, 0.2) is 0 Å². The molecule has 162 valence electrons. The van der Waals surface area contributed by atoms with Crippen molar-refractivity contribution in [1.29, 1.82) is 0 Å². The summed E-state index contributed by atoms with van der Waals surface area (Å²) in [5, 5.41) is 4.78. The molecule has 0 fully saturated rings. The summed E-state index contributed by atoms with van der Waals surface area (Å²) >= 11 is 6.29. The van der Waals surface area contributed by atoms with Crippen molar-refractivity contribution in [3.8, 4) is 16.9 Å².